The van der Waals surface area contributed by atoms with E-state index in [2.05, 4.69) is 4.98 Å². The summed E-state index contributed by atoms with van der Waals surface area (Å²) < 4.78 is 2.05. The Balaban J connectivity index is 2.01. The number of nitrogens with zero attached hydrogens (tertiary/aromatic N) is 2. The molecule has 0 saturated carbocycles. The Kier molecular flexibility index (Phi) is 4.67. The van der Waals surface area contributed by atoms with Crippen LogP contribution in [0.2, 0.25) is 5.02 Å². The summed E-state index contributed by atoms with van der Waals surface area (Å²) in [5.41, 5.74) is 1.24. The van der Waals surface area contributed by atoms with Crippen LogP contribution >= 0.6 is 23.2 Å². The van der Waals surface area contributed by atoms with Gasteiger partial charge < -0.3 is 4.57 Å². The van der Waals surface area contributed by atoms with E-state index in [4.69, 9.17) is 23.2 Å². The van der Waals surface area contributed by atoms with E-state index in [9.17, 15) is 0 Å². The lowest BCUT2D eigenvalue weighted by molar-refractivity contribution is 0.646. The van der Waals surface area contributed by atoms with Gasteiger partial charge in [-0.2, -0.15) is 0 Å². The molecule has 1 atom stereocenters. The first-order chi connectivity index (χ1) is 8.70. The number of alkyl halides is 1. The molecule has 0 spiro atoms. The number of aromatic nitrogens is 2. The van der Waals surface area contributed by atoms with Crippen molar-refractivity contribution in [1.82, 2.24) is 9.55 Å². The largest absolute Gasteiger partial charge is 0.338 e. The quantitative estimate of drug-likeness (QED) is 0.757. The first-order valence-corrected chi connectivity index (χ1v) is 6.89. The lowest BCUT2D eigenvalue weighted by atomic mass is 9.96. The Morgan fingerprint density at radius 1 is 1.28 bits per heavy atom. The van der Waals surface area contributed by atoms with Crippen molar-refractivity contribution in [2.75, 3.05) is 5.88 Å². The lowest BCUT2D eigenvalue weighted by Crippen LogP contribution is -2.05. The van der Waals surface area contributed by atoms with Gasteiger partial charge >= 0.3 is 0 Å². The zero-order chi connectivity index (χ0) is 13.0. The van der Waals surface area contributed by atoms with Gasteiger partial charge in [-0.1, -0.05) is 23.7 Å². The van der Waals surface area contributed by atoms with Crippen molar-refractivity contribution in [1.29, 1.82) is 0 Å². The molecular weight excluding hydrogens is 267 g/mol. The molecule has 1 aromatic carbocycles. The third-order valence-electron chi connectivity index (χ3n) is 3.17. The molecule has 0 aliphatic rings. The molecule has 2 nitrogen and oxygen atoms in total. The van der Waals surface area contributed by atoms with Crippen LogP contribution in [0.5, 0.6) is 0 Å². The number of hydrogen-bond acceptors (Lipinski definition) is 1. The topological polar surface area (TPSA) is 17.8 Å². The van der Waals surface area contributed by atoms with Gasteiger partial charge in [0, 0.05) is 36.8 Å². The normalized spacial score (nSPS) is 12.6. The monoisotopic (exact) mass is 282 g/mol. The molecule has 2 aromatic rings. The maximum absolute atomic E-state index is 6.06. The summed E-state index contributed by atoms with van der Waals surface area (Å²) in [7, 11) is 2.01. The van der Waals surface area contributed by atoms with Crippen molar-refractivity contribution in [3.05, 3.63) is 53.1 Å². The summed E-state index contributed by atoms with van der Waals surface area (Å²) in [6, 6.07) is 7.93. The van der Waals surface area contributed by atoms with Crippen LogP contribution in [-0.2, 0) is 13.5 Å². The maximum atomic E-state index is 6.06. The summed E-state index contributed by atoms with van der Waals surface area (Å²) in [6.45, 7) is 0. The van der Waals surface area contributed by atoms with Crippen LogP contribution < -0.4 is 0 Å². The fraction of sp³-hybridized carbons (Fsp3) is 0.357. The van der Waals surface area contributed by atoms with Gasteiger partial charge in [0.15, 0.2) is 0 Å². The second kappa shape index (κ2) is 6.26. The van der Waals surface area contributed by atoms with E-state index in [0.29, 0.717) is 11.8 Å². The Morgan fingerprint density at radius 3 is 2.56 bits per heavy atom. The zero-order valence-corrected chi connectivity index (χ0v) is 11.8. The molecule has 18 heavy (non-hydrogen) atoms. The first-order valence-electron chi connectivity index (χ1n) is 5.98. The summed E-state index contributed by atoms with van der Waals surface area (Å²) in [6.07, 6.45) is 5.72. The molecule has 1 unspecified atom stereocenters. The average molecular weight is 283 g/mol. The Hall–Kier alpha value is -0.990. The van der Waals surface area contributed by atoms with Gasteiger partial charge in [0.05, 0.1) is 0 Å². The smallest absolute Gasteiger partial charge is 0.108 e. The minimum Gasteiger partial charge on any atom is -0.338 e. The number of halogens is 2. The van der Waals surface area contributed by atoms with Crippen LogP contribution in [0.4, 0.5) is 0 Å². The molecular formula is C14H16Cl2N2. The lowest BCUT2D eigenvalue weighted by Gasteiger charge is -2.14. The molecule has 0 bridgehead atoms. The Labute approximate surface area is 118 Å². The fourth-order valence-electron chi connectivity index (χ4n) is 2.01. The SMILES string of the molecule is Cn1ccnc1CCC(CCl)c1ccc(Cl)cc1. The molecule has 0 amide bonds. The van der Waals surface area contributed by atoms with Gasteiger partial charge in [-0.25, -0.2) is 4.98 Å². The van der Waals surface area contributed by atoms with Crippen LogP contribution in [0.3, 0.4) is 0 Å². The standard InChI is InChI=1S/C14H16Cl2N2/c1-18-9-8-17-14(18)7-4-12(10-15)11-2-5-13(16)6-3-11/h2-3,5-6,8-9,12H,4,7,10H2,1H3. The molecule has 0 aliphatic heterocycles. The van der Waals surface area contributed by atoms with Crippen molar-refractivity contribution >= 4 is 23.2 Å². The molecule has 1 aromatic heterocycles. The van der Waals surface area contributed by atoms with Crippen LogP contribution in [0.15, 0.2) is 36.7 Å². The van der Waals surface area contributed by atoms with Gasteiger partial charge in [-0.3, -0.25) is 0 Å². The van der Waals surface area contributed by atoms with E-state index in [1.165, 1.54) is 5.56 Å². The van der Waals surface area contributed by atoms with E-state index in [1.54, 1.807) is 0 Å². The van der Waals surface area contributed by atoms with E-state index in [0.717, 1.165) is 23.7 Å². The molecule has 96 valence electrons. The molecule has 0 saturated heterocycles. The number of benzene rings is 1. The van der Waals surface area contributed by atoms with Crippen molar-refractivity contribution < 1.29 is 0 Å². The van der Waals surface area contributed by atoms with Gasteiger partial charge in [-0.15, -0.1) is 11.6 Å². The summed E-state index contributed by atoms with van der Waals surface area (Å²) in [4.78, 5) is 4.33. The van der Waals surface area contributed by atoms with Gasteiger partial charge in [-0.05, 0) is 30.0 Å². The minimum absolute atomic E-state index is 0.348. The number of imidazole rings is 1. The predicted molar refractivity (Wildman–Crippen MR) is 76.4 cm³/mol. The van der Waals surface area contributed by atoms with E-state index >= 15 is 0 Å². The highest BCUT2D eigenvalue weighted by atomic mass is 35.5. The van der Waals surface area contributed by atoms with E-state index in [-0.39, 0.29) is 0 Å². The van der Waals surface area contributed by atoms with Crippen LogP contribution in [0.25, 0.3) is 0 Å². The molecule has 1 heterocycles. The Bertz CT molecular complexity index is 491. The minimum atomic E-state index is 0.348. The van der Waals surface area contributed by atoms with Crippen molar-refractivity contribution in [2.24, 2.45) is 7.05 Å². The maximum Gasteiger partial charge on any atom is 0.108 e. The first kappa shape index (κ1) is 13.4. The van der Waals surface area contributed by atoms with Crippen LogP contribution in [0, 0.1) is 0 Å². The van der Waals surface area contributed by atoms with Gasteiger partial charge in [0.2, 0.25) is 0 Å². The van der Waals surface area contributed by atoms with Gasteiger partial charge in [0.25, 0.3) is 0 Å². The van der Waals surface area contributed by atoms with E-state index in [1.807, 2.05) is 48.3 Å². The highest BCUT2D eigenvalue weighted by Crippen LogP contribution is 2.24. The third-order valence-corrected chi connectivity index (χ3v) is 3.79. The van der Waals surface area contributed by atoms with Crippen molar-refractivity contribution in [3.8, 4) is 0 Å². The summed E-state index contributed by atoms with van der Waals surface area (Å²) in [5, 5.41) is 0.760. The second-order valence-electron chi connectivity index (χ2n) is 4.40. The molecule has 4 heteroatoms. The predicted octanol–water partition coefficient (Wildman–Crippen LogP) is 4.03. The summed E-state index contributed by atoms with van der Waals surface area (Å²) >= 11 is 12.0. The highest BCUT2D eigenvalue weighted by molar-refractivity contribution is 6.30. The molecule has 0 radical (unpaired) electrons. The van der Waals surface area contributed by atoms with Crippen LogP contribution in [-0.4, -0.2) is 15.4 Å². The zero-order valence-electron chi connectivity index (χ0n) is 10.3. The third kappa shape index (κ3) is 3.27. The highest BCUT2D eigenvalue weighted by Gasteiger charge is 2.11. The average Bonchev–Trinajstić information content (AvgIpc) is 2.78. The van der Waals surface area contributed by atoms with Crippen molar-refractivity contribution in [2.45, 2.75) is 18.8 Å². The van der Waals surface area contributed by atoms with Crippen molar-refractivity contribution in [3.63, 3.8) is 0 Å². The van der Waals surface area contributed by atoms with Gasteiger partial charge in [0.1, 0.15) is 5.82 Å². The number of hydrogen-bond donors (Lipinski definition) is 0. The Morgan fingerprint density at radius 2 is 2.00 bits per heavy atom. The molecule has 0 aliphatic carbocycles. The second-order valence-corrected chi connectivity index (χ2v) is 5.14. The molecule has 0 N–H and O–H groups in total. The fourth-order valence-corrected chi connectivity index (χ4v) is 2.47. The molecule has 0 fully saturated rings. The molecule has 2 rings (SSSR count). The van der Waals surface area contributed by atoms with E-state index < -0.39 is 0 Å². The number of aryl methyl sites for hydroxylation is 2. The van der Waals surface area contributed by atoms with Crippen LogP contribution in [0.1, 0.15) is 23.7 Å². The number of rotatable bonds is 5. The summed E-state index contributed by atoms with van der Waals surface area (Å²) in [5.74, 6) is 2.06.